The summed E-state index contributed by atoms with van der Waals surface area (Å²) in [5, 5.41) is 34.6. The molecule has 1 saturated heterocycles. The predicted molar refractivity (Wildman–Crippen MR) is 78.7 cm³/mol. The highest BCUT2D eigenvalue weighted by Crippen LogP contribution is 2.19. The molecule has 0 aromatic heterocycles. The Labute approximate surface area is 131 Å². The molecule has 1 heterocycles. The van der Waals surface area contributed by atoms with Crippen LogP contribution >= 0.6 is 11.6 Å². The minimum atomic E-state index is -0.831. The second-order valence-electron chi connectivity index (χ2n) is 4.70. The summed E-state index contributed by atoms with van der Waals surface area (Å²) in [6.07, 6.45) is -0.833. The number of ether oxygens (including phenoxy) is 1. The first-order valence-electron chi connectivity index (χ1n) is 6.52. The fourth-order valence-electron chi connectivity index (χ4n) is 1.95. The number of hydrogen-bond acceptors (Lipinski definition) is 6. The Bertz CT molecular complexity index is 569. The molecule has 1 aromatic rings. The van der Waals surface area contributed by atoms with E-state index in [-0.39, 0.29) is 18.8 Å². The molecule has 0 aliphatic carbocycles. The number of amides is 2. The van der Waals surface area contributed by atoms with Crippen LogP contribution in [-0.2, 0) is 4.74 Å². The number of carbonyl (C=O) groups is 1. The van der Waals surface area contributed by atoms with Gasteiger partial charge >= 0.3 is 6.03 Å². The largest absolute Gasteiger partial charge is 0.507 e. The van der Waals surface area contributed by atoms with E-state index in [1.165, 1.54) is 24.4 Å². The zero-order valence-electron chi connectivity index (χ0n) is 11.4. The first-order valence-corrected chi connectivity index (χ1v) is 6.90. The van der Waals surface area contributed by atoms with Gasteiger partial charge < -0.3 is 25.4 Å². The SMILES string of the molecule is O=C(N/N=C/c1cc(Cl)ccc1O)N[C@H]1C[C@H](O)[C@@H](CO)O1. The molecule has 1 aliphatic rings. The molecule has 0 radical (unpaired) electrons. The van der Waals surface area contributed by atoms with Crippen molar-refractivity contribution in [3.05, 3.63) is 28.8 Å². The average molecular weight is 330 g/mol. The van der Waals surface area contributed by atoms with Gasteiger partial charge in [0, 0.05) is 17.0 Å². The highest BCUT2D eigenvalue weighted by atomic mass is 35.5. The molecule has 1 aliphatic heterocycles. The van der Waals surface area contributed by atoms with Crippen molar-refractivity contribution in [2.24, 2.45) is 5.10 Å². The van der Waals surface area contributed by atoms with Crippen molar-refractivity contribution in [3.63, 3.8) is 0 Å². The van der Waals surface area contributed by atoms with Crippen molar-refractivity contribution in [2.45, 2.75) is 24.9 Å². The summed E-state index contributed by atoms with van der Waals surface area (Å²) in [5.41, 5.74) is 2.54. The van der Waals surface area contributed by atoms with E-state index in [1.54, 1.807) is 0 Å². The molecule has 1 fully saturated rings. The van der Waals surface area contributed by atoms with Crippen LogP contribution in [0.3, 0.4) is 0 Å². The van der Waals surface area contributed by atoms with E-state index in [4.69, 9.17) is 21.4 Å². The van der Waals surface area contributed by atoms with Gasteiger partial charge in [-0.2, -0.15) is 5.10 Å². The number of rotatable bonds is 4. The van der Waals surface area contributed by atoms with E-state index in [0.29, 0.717) is 10.6 Å². The molecule has 5 N–H and O–H groups in total. The average Bonchev–Trinajstić information content (AvgIpc) is 2.82. The van der Waals surface area contributed by atoms with Crippen LogP contribution in [0.2, 0.25) is 5.02 Å². The van der Waals surface area contributed by atoms with Gasteiger partial charge in [0.25, 0.3) is 0 Å². The van der Waals surface area contributed by atoms with Crippen molar-refractivity contribution < 1.29 is 24.9 Å². The number of hydrogen-bond donors (Lipinski definition) is 5. The number of phenolic OH excluding ortho intramolecular Hbond substituents is 1. The van der Waals surface area contributed by atoms with Gasteiger partial charge in [0.2, 0.25) is 0 Å². The Morgan fingerprint density at radius 2 is 2.32 bits per heavy atom. The van der Waals surface area contributed by atoms with Gasteiger partial charge in [-0.05, 0) is 18.2 Å². The minimum absolute atomic E-state index is 0.0246. The standard InChI is InChI=1S/C13H16ClN3O5/c14-8-1-2-9(19)7(3-8)5-15-17-13(21)16-12-4-10(20)11(6-18)22-12/h1-3,5,10-12,18-20H,4,6H2,(H2,16,17,21)/b15-5+/t10-,11+,12+/m0/s1. The van der Waals surface area contributed by atoms with Crippen LogP contribution in [0.5, 0.6) is 5.75 Å². The van der Waals surface area contributed by atoms with Gasteiger partial charge in [-0.3, -0.25) is 0 Å². The van der Waals surface area contributed by atoms with Crippen molar-refractivity contribution in [3.8, 4) is 5.75 Å². The lowest BCUT2D eigenvalue weighted by atomic mass is 10.2. The monoisotopic (exact) mass is 329 g/mol. The van der Waals surface area contributed by atoms with Crippen LogP contribution in [0.15, 0.2) is 23.3 Å². The molecule has 2 amide bonds. The van der Waals surface area contributed by atoms with Crippen molar-refractivity contribution in [1.82, 2.24) is 10.7 Å². The summed E-state index contributed by atoms with van der Waals surface area (Å²) < 4.78 is 5.21. The molecule has 0 bridgehead atoms. The first kappa shape index (κ1) is 16.5. The van der Waals surface area contributed by atoms with Gasteiger partial charge in [-0.15, -0.1) is 0 Å². The highest BCUT2D eigenvalue weighted by Gasteiger charge is 2.34. The number of urea groups is 1. The van der Waals surface area contributed by atoms with E-state index in [9.17, 15) is 15.0 Å². The van der Waals surface area contributed by atoms with E-state index in [0.717, 1.165) is 0 Å². The lowest BCUT2D eigenvalue weighted by Crippen LogP contribution is -2.40. The van der Waals surface area contributed by atoms with Gasteiger partial charge in [0.05, 0.1) is 18.9 Å². The maximum Gasteiger partial charge on any atom is 0.337 e. The van der Waals surface area contributed by atoms with Crippen molar-refractivity contribution in [1.29, 1.82) is 0 Å². The first-order chi connectivity index (χ1) is 10.5. The Hall–Kier alpha value is -1.87. The maximum atomic E-state index is 11.6. The summed E-state index contributed by atoms with van der Waals surface area (Å²) in [6, 6.07) is 3.78. The molecular weight excluding hydrogens is 314 g/mol. The van der Waals surface area contributed by atoms with E-state index in [2.05, 4.69) is 15.8 Å². The van der Waals surface area contributed by atoms with Crippen LogP contribution in [0.1, 0.15) is 12.0 Å². The Balaban J connectivity index is 1.83. The Morgan fingerprint density at radius 3 is 3.00 bits per heavy atom. The molecule has 0 saturated carbocycles. The molecule has 0 spiro atoms. The fourth-order valence-corrected chi connectivity index (χ4v) is 2.13. The molecule has 120 valence electrons. The summed E-state index contributed by atoms with van der Waals surface area (Å²) >= 11 is 5.78. The minimum Gasteiger partial charge on any atom is -0.507 e. The number of benzene rings is 1. The lowest BCUT2D eigenvalue weighted by Gasteiger charge is -2.12. The van der Waals surface area contributed by atoms with Gasteiger partial charge in [0.15, 0.2) is 0 Å². The number of hydrazone groups is 1. The van der Waals surface area contributed by atoms with E-state index < -0.39 is 24.5 Å². The Morgan fingerprint density at radius 1 is 1.55 bits per heavy atom. The molecule has 0 unspecified atom stereocenters. The van der Waals surface area contributed by atoms with Crippen LogP contribution in [-0.4, -0.2) is 52.6 Å². The second kappa shape index (κ2) is 7.41. The smallest absolute Gasteiger partial charge is 0.337 e. The van der Waals surface area contributed by atoms with E-state index in [1.807, 2.05) is 0 Å². The molecule has 3 atom stereocenters. The van der Waals surface area contributed by atoms with Crippen LogP contribution in [0.25, 0.3) is 0 Å². The summed E-state index contributed by atoms with van der Waals surface area (Å²) in [5.74, 6) is -0.0246. The molecule has 1 aromatic carbocycles. The van der Waals surface area contributed by atoms with Crippen molar-refractivity contribution >= 4 is 23.8 Å². The fraction of sp³-hybridized carbons (Fsp3) is 0.385. The number of phenols is 1. The lowest BCUT2D eigenvalue weighted by molar-refractivity contribution is -0.0272. The zero-order chi connectivity index (χ0) is 16.1. The summed E-state index contributed by atoms with van der Waals surface area (Å²) in [6.45, 7) is -0.326. The van der Waals surface area contributed by atoms with Crippen LogP contribution in [0, 0.1) is 0 Å². The Kier molecular flexibility index (Phi) is 5.56. The number of carbonyl (C=O) groups excluding carboxylic acids is 1. The predicted octanol–water partition coefficient (Wildman–Crippen LogP) is 0.147. The van der Waals surface area contributed by atoms with Crippen LogP contribution < -0.4 is 10.7 Å². The zero-order valence-corrected chi connectivity index (χ0v) is 12.2. The topological polar surface area (TPSA) is 123 Å². The molecule has 22 heavy (non-hydrogen) atoms. The summed E-state index contributed by atoms with van der Waals surface area (Å²) in [7, 11) is 0. The number of nitrogens with one attached hydrogen (secondary N) is 2. The second-order valence-corrected chi connectivity index (χ2v) is 5.13. The van der Waals surface area contributed by atoms with Gasteiger partial charge in [-0.25, -0.2) is 10.2 Å². The van der Waals surface area contributed by atoms with Gasteiger partial charge in [0.1, 0.15) is 18.1 Å². The highest BCUT2D eigenvalue weighted by molar-refractivity contribution is 6.30. The molecule has 8 nitrogen and oxygen atoms in total. The van der Waals surface area contributed by atoms with E-state index >= 15 is 0 Å². The normalized spacial score (nSPS) is 24.6. The number of aliphatic hydroxyl groups excluding tert-OH is 2. The quantitative estimate of drug-likeness (QED) is 0.397. The number of nitrogens with zero attached hydrogens (tertiary/aromatic N) is 1. The van der Waals surface area contributed by atoms with Crippen LogP contribution in [0.4, 0.5) is 4.79 Å². The molecular formula is C13H16ClN3O5. The third-order valence-electron chi connectivity index (χ3n) is 3.06. The van der Waals surface area contributed by atoms with Crippen molar-refractivity contribution in [2.75, 3.05) is 6.61 Å². The van der Waals surface area contributed by atoms with Gasteiger partial charge in [-0.1, -0.05) is 11.6 Å². The molecule has 2 rings (SSSR count). The number of aliphatic hydroxyl groups is 2. The summed E-state index contributed by atoms with van der Waals surface area (Å²) in [4.78, 5) is 11.6. The number of halogens is 1. The third-order valence-corrected chi connectivity index (χ3v) is 3.29. The third kappa shape index (κ3) is 4.31. The number of aromatic hydroxyl groups is 1. The molecule has 9 heteroatoms. The maximum absolute atomic E-state index is 11.6.